The number of carbonyl (C=O) groups is 1. The highest BCUT2D eigenvalue weighted by Gasteiger charge is 2.16. The zero-order valence-corrected chi connectivity index (χ0v) is 13.5. The van der Waals surface area contributed by atoms with Crippen LogP contribution in [-0.4, -0.2) is 13.0 Å². The standard InChI is InChI=1S/C16H17BrN2O2/c1-10(11-5-3-6-12(17)9-11)19-16(20)13-7-4-8-14(21-2)15(13)18/h3-10H,18H2,1-2H3,(H,19,20). The van der Waals surface area contributed by atoms with Crippen LogP contribution in [-0.2, 0) is 0 Å². The van der Waals surface area contributed by atoms with Crippen molar-refractivity contribution in [2.75, 3.05) is 12.8 Å². The van der Waals surface area contributed by atoms with Crippen LogP contribution in [0.25, 0.3) is 0 Å². The zero-order valence-electron chi connectivity index (χ0n) is 11.9. The quantitative estimate of drug-likeness (QED) is 0.830. The summed E-state index contributed by atoms with van der Waals surface area (Å²) in [6.45, 7) is 1.93. The van der Waals surface area contributed by atoms with Crippen molar-refractivity contribution in [1.29, 1.82) is 0 Å². The van der Waals surface area contributed by atoms with Gasteiger partial charge in [-0.2, -0.15) is 0 Å². The highest BCUT2D eigenvalue weighted by molar-refractivity contribution is 9.10. The number of rotatable bonds is 4. The van der Waals surface area contributed by atoms with Crippen molar-refractivity contribution in [3.05, 3.63) is 58.1 Å². The highest BCUT2D eigenvalue weighted by Crippen LogP contribution is 2.25. The minimum absolute atomic E-state index is 0.124. The molecule has 1 amide bonds. The predicted molar refractivity (Wildman–Crippen MR) is 87.4 cm³/mol. The van der Waals surface area contributed by atoms with Crippen molar-refractivity contribution < 1.29 is 9.53 Å². The Morgan fingerprint density at radius 2 is 2.00 bits per heavy atom. The summed E-state index contributed by atoms with van der Waals surface area (Å²) in [5, 5.41) is 2.94. The number of benzene rings is 2. The van der Waals surface area contributed by atoms with Crippen molar-refractivity contribution in [2.24, 2.45) is 0 Å². The number of hydrogen-bond acceptors (Lipinski definition) is 3. The van der Waals surface area contributed by atoms with Crippen LogP contribution in [0.15, 0.2) is 46.9 Å². The van der Waals surface area contributed by atoms with E-state index in [4.69, 9.17) is 10.5 Å². The van der Waals surface area contributed by atoms with Gasteiger partial charge in [0.15, 0.2) is 0 Å². The Morgan fingerprint density at radius 1 is 1.29 bits per heavy atom. The molecule has 0 aliphatic rings. The Balaban J connectivity index is 2.18. The second-order valence-electron chi connectivity index (χ2n) is 4.67. The smallest absolute Gasteiger partial charge is 0.253 e. The maximum absolute atomic E-state index is 12.3. The van der Waals surface area contributed by atoms with Gasteiger partial charge < -0.3 is 15.8 Å². The maximum Gasteiger partial charge on any atom is 0.253 e. The molecule has 0 radical (unpaired) electrons. The van der Waals surface area contributed by atoms with Gasteiger partial charge in [-0.3, -0.25) is 4.79 Å². The molecule has 4 nitrogen and oxygen atoms in total. The van der Waals surface area contributed by atoms with Gasteiger partial charge in [0.05, 0.1) is 24.4 Å². The van der Waals surface area contributed by atoms with Gasteiger partial charge >= 0.3 is 0 Å². The van der Waals surface area contributed by atoms with Gasteiger partial charge in [0.2, 0.25) is 0 Å². The first-order valence-electron chi connectivity index (χ1n) is 6.51. The Hall–Kier alpha value is -2.01. The first-order valence-corrected chi connectivity index (χ1v) is 7.31. The monoisotopic (exact) mass is 348 g/mol. The van der Waals surface area contributed by atoms with E-state index in [1.165, 1.54) is 7.11 Å². The number of methoxy groups -OCH3 is 1. The third-order valence-electron chi connectivity index (χ3n) is 3.23. The van der Waals surface area contributed by atoms with Crippen molar-refractivity contribution in [3.63, 3.8) is 0 Å². The first-order chi connectivity index (χ1) is 10.0. The number of para-hydroxylation sites is 1. The third kappa shape index (κ3) is 3.55. The molecule has 0 saturated carbocycles. The van der Waals surface area contributed by atoms with Gasteiger partial charge in [0.25, 0.3) is 5.91 Å². The summed E-state index contributed by atoms with van der Waals surface area (Å²) in [5.41, 5.74) is 7.71. The van der Waals surface area contributed by atoms with E-state index in [0.29, 0.717) is 17.0 Å². The minimum Gasteiger partial charge on any atom is -0.495 e. The van der Waals surface area contributed by atoms with Gasteiger partial charge in [-0.05, 0) is 36.8 Å². The Labute approximate surface area is 132 Å². The molecule has 21 heavy (non-hydrogen) atoms. The lowest BCUT2D eigenvalue weighted by atomic mass is 10.1. The molecular formula is C16H17BrN2O2. The number of carbonyl (C=O) groups excluding carboxylic acids is 1. The van der Waals surface area contributed by atoms with E-state index < -0.39 is 0 Å². The lowest BCUT2D eigenvalue weighted by Gasteiger charge is -2.16. The number of nitrogen functional groups attached to an aromatic ring is 1. The summed E-state index contributed by atoms with van der Waals surface area (Å²) in [4.78, 5) is 12.3. The van der Waals surface area contributed by atoms with Gasteiger partial charge in [0.1, 0.15) is 5.75 Å². The van der Waals surface area contributed by atoms with Crippen LogP contribution in [0.5, 0.6) is 5.75 Å². The molecule has 0 bridgehead atoms. The van der Waals surface area contributed by atoms with Crippen LogP contribution in [0.2, 0.25) is 0 Å². The van der Waals surface area contributed by atoms with E-state index in [1.807, 2.05) is 31.2 Å². The second-order valence-corrected chi connectivity index (χ2v) is 5.59. The average molecular weight is 349 g/mol. The largest absolute Gasteiger partial charge is 0.495 e. The minimum atomic E-state index is -0.223. The van der Waals surface area contributed by atoms with Crippen LogP contribution in [0.1, 0.15) is 28.9 Å². The molecule has 0 spiro atoms. The molecule has 0 aromatic heterocycles. The zero-order chi connectivity index (χ0) is 15.4. The molecule has 2 rings (SSSR count). The third-order valence-corrected chi connectivity index (χ3v) is 3.72. The lowest BCUT2D eigenvalue weighted by Crippen LogP contribution is -2.27. The second kappa shape index (κ2) is 6.63. The molecule has 3 N–H and O–H groups in total. The molecule has 1 atom stereocenters. The molecule has 2 aromatic carbocycles. The van der Waals surface area contributed by atoms with Crippen LogP contribution in [0, 0.1) is 0 Å². The van der Waals surface area contributed by atoms with Crippen LogP contribution in [0.3, 0.4) is 0 Å². The number of nitrogens with one attached hydrogen (secondary N) is 1. The van der Waals surface area contributed by atoms with E-state index >= 15 is 0 Å². The molecule has 5 heteroatoms. The van der Waals surface area contributed by atoms with E-state index in [2.05, 4.69) is 21.2 Å². The first kappa shape index (κ1) is 15.4. The summed E-state index contributed by atoms with van der Waals surface area (Å²) in [7, 11) is 1.53. The normalized spacial score (nSPS) is 11.8. The molecule has 2 aromatic rings. The predicted octanol–water partition coefficient (Wildman–Crippen LogP) is 3.53. The summed E-state index contributed by atoms with van der Waals surface area (Å²) in [6.07, 6.45) is 0. The Morgan fingerprint density at radius 3 is 2.67 bits per heavy atom. The van der Waals surface area contributed by atoms with E-state index in [9.17, 15) is 4.79 Å². The van der Waals surface area contributed by atoms with E-state index in [1.54, 1.807) is 18.2 Å². The van der Waals surface area contributed by atoms with Crippen molar-refractivity contribution in [3.8, 4) is 5.75 Å². The number of hydrogen-bond donors (Lipinski definition) is 2. The highest BCUT2D eigenvalue weighted by atomic mass is 79.9. The fourth-order valence-electron chi connectivity index (χ4n) is 2.05. The lowest BCUT2D eigenvalue weighted by molar-refractivity contribution is 0.0940. The van der Waals surface area contributed by atoms with Crippen LogP contribution < -0.4 is 15.8 Å². The van der Waals surface area contributed by atoms with Crippen molar-refractivity contribution >= 4 is 27.5 Å². The topological polar surface area (TPSA) is 64.3 Å². The Bertz CT molecular complexity index is 658. The maximum atomic E-state index is 12.3. The van der Waals surface area contributed by atoms with E-state index in [0.717, 1.165) is 10.0 Å². The van der Waals surface area contributed by atoms with Gasteiger partial charge in [-0.25, -0.2) is 0 Å². The summed E-state index contributed by atoms with van der Waals surface area (Å²) in [6, 6.07) is 12.8. The fraction of sp³-hybridized carbons (Fsp3) is 0.188. The number of anilines is 1. The summed E-state index contributed by atoms with van der Waals surface area (Å²) in [5.74, 6) is 0.275. The number of halogens is 1. The SMILES string of the molecule is COc1cccc(C(=O)NC(C)c2cccc(Br)c2)c1N. The molecule has 0 aliphatic heterocycles. The number of amides is 1. The molecule has 0 heterocycles. The van der Waals surface area contributed by atoms with Crippen molar-refractivity contribution in [2.45, 2.75) is 13.0 Å². The number of nitrogens with two attached hydrogens (primary N) is 1. The van der Waals surface area contributed by atoms with Crippen molar-refractivity contribution in [1.82, 2.24) is 5.32 Å². The molecular weight excluding hydrogens is 332 g/mol. The average Bonchev–Trinajstić information content (AvgIpc) is 2.47. The molecule has 0 aliphatic carbocycles. The Kier molecular flexibility index (Phi) is 4.85. The van der Waals surface area contributed by atoms with E-state index in [-0.39, 0.29) is 11.9 Å². The fourth-order valence-corrected chi connectivity index (χ4v) is 2.47. The molecule has 110 valence electrons. The molecule has 0 saturated heterocycles. The molecule has 1 unspecified atom stereocenters. The summed E-state index contributed by atoms with van der Waals surface area (Å²) < 4.78 is 6.10. The van der Waals surface area contributed by atoms with Gasteiger partial charge in [0, 0.05) is 4.47 Å². The number of ether oxygens (including phenoxy) is 1. The summed E-state index contributed by atoms with van der Waals surface area (Å²) >= 11 is 3.42. The van der Waals surface area contributed by atoms with Gasteiger partial charge in [-0.15, -0.1) is 0 Å². The molecule has 0 fully saturated rings. The van der Waals surface area contributed by atoms with Crippen LogP contribution in [0.4, 0.5) is 5.69 Å². The van der Waals surface area contributed by atoms with Gasteiger partial charge in [-0.1, -0.05) is 34.1 Å². The van der Waals surface area contributed by atoms with Crippen LogP contribution >= 0.6 is 15.9 Å².